The van der Waals surface area contributed by atoms with E-state index in [9.17, 15) is 14.8 Å². The molecule has 21 heavy (non-hydrogen) atoms. The highest BCUT2D eigenvalue weighted by atomic mass is 16.6. The van der Waals surface area contributed by atoms with Crippen molar-refractivity contribution in [2.24, 2.45) is 17.6 Å². The molecule has 0 radical (unpaired) electrons. The Labute approximate surface area is 127 Å². The summed E-state index contributed by atoms with van der Waals surface area (Å²) in [5.74, 6) is -1.37. The molecule has 0 aromatic heterocycles. The first-order valence-electron chi connectivity index (χ1n) is 7.37. The summed E-state index contributed by atoms with van der Waals surface area (Å²) in [5, 5.41) is 10.5. The van der Waals surface area contributed by atoms with Crippen LogP contribution in [0.25, 0.3) is 0 Å². The van der Waals surface area contributed by atoms with Gasteiger partial charge in [0.25, 0.3) is 5.91 Å². The molecule has 0 unspecified atom stereocenters. The maximum Gasteiger partial charge on any atom is 0.332 e. The van der Waals surface area contributed by atoms with Crippen molar-refractivity contribution in [1.82, 2.24) is 5.06 Å². The Morgan fingerprint density at radius 2 is 1.67 bits per heavy atom. The van der Waals surface area contributed by atoms with Gasteiger partial charge in [-0.3, -0.25) is 10.0 Å². The number of nitrogens with zero attached hydrogens (tertiary/aromatic N) is 1. The van der Waals surface area contributed by atoms with E-state index >= 15 is 0 Å². The molecule has 0 heterocycles. The maximum atomic E-state index is 12.2. The fourth-order valence-electron chi connectivity index (χ4n) is 1.93. The molecule has 3 N–H and O–H groups in total. The van der Waals surface area contributed by atoms with Gasteiger partial charge in [0.05, 0.1) is 6.04 Å². The van der Waals surface area contributed by atoms with Crippen LogP contribution in [0.1, 0.15) is 54.9 Å². The molecule has 0 aromatic carbocycles. The van der Waals surface area contributed by atoms with E-state index in [0.717, 1.165) is 0 Å². The number of esters is 1. The molecule has 0 aliphatic carbocycles. The number of hydroxylamine groups is 2. The molecule has 0 bridgehead atoms. The summed E-state index contributed by atoms with van der Waals surface area (Å²) in [6.45, 7) is 12.5. The third-order valence-electron chi connectivity index (χ3n) is 2.81. The highest BCUT2D eigenvalue weighted by Gasteiger charge is 2.37. The van der Waals surface area contributed by atoms with E-state index in [0.29, 0.717) is 11.5 Å². The molecule has 0 aromatic rings. The van der Waals surface area contributed by atoms with Crippen molar-refractivity contribution in [2.45, 2.75) is 72.6 Å². The molecule has 0 aliphatic heterocycles. The van der Waals surface area contributed by atoms with Crippen LogP contribution in [0.5, 0.6) is 0 Å². The summed E-state index contributed by atoms with van der Waals surface area (Å²) >= 11 is 0. The first-order chi connectivity index (χ1) is 9.36. The Hall–Kier alpha value is -1.14. The third-order valence-corrected chi connectivity index (χ3v) is 2.81. The van der Waals surface area contributed by atoms with E-state index in [1.807, 2.05) is 13.8 Å². The topological polar surface area (TPSA) is 92.9 Å². The Bertz CT molecular complexity index is 361. The zero-order valence-corrected chi connectivity index (χ0v) is 14.2. The van der Waals surface area contributed by atoms with E-state index in [1.54, 1.807) is 34.6 Å². The van der Waals surface area contributed by atoms with Crippen LogP contribution < -0.4 is 5.73 Å². The highest BCUT2D eigenvalue weighted by Crippen LogP contribution is 2.17. The van der Waals surface area contributed by atoms with Crippen molar-refractivity contribution in [3.63, 3.8) is 0 Å². The number of nitrogens with two attached hydrogens (primary N) is 1. The second-order valence-electron chi connectivity index (χ2n) is 7.14. The monoisotopic (exact) mass is 302 g/mol. The minimum absolute atomic E-state index is 0.219. The van der Waals surface area contributed by atoms with E-state index < -0.39 is 29.6 Å². The second kappa shape index (κ2) is 7.75. The Morgan fingerprint density at radius 3 is 2.00 bits per heavy atom. The molecule has 6 nitrogen and oxygen atoms in total. The molecule has 0 fully saturated rings. The minimum atomic E-state index is -1.06. The highest BCUT2D eigenvalue weighted by molar-refractivity contribution is 5.86. The van der Waals surface area contributed by atoms with Crippen LogP contribution in [-0.2, 0) is 14.3 Å². The number of hydrogen-bond donors (Lipinski definition) is 2. The molecule has 124 valence electrons. The van der Waals surface area contributed by atoms with Crippen molar-refractivity contribution in [1.29, 1.82) is 0 Å². The van der Waals surface area contributed by atoms with E-state index in [1.165, 1.54) is 0 Å². The standard InChI is InChI=1S/C15H30N2O4/c1-9(2)8-11(16)13(18)17(20)12(10(3)4)14(19)21-15(5,6)7/h9-12,20H,8,16H2,1-7H3/t11-,12-/m0/s1. The lowest BCUT2D eigenvalue weighted by molar-refractivity contribution is -0.199. The average Bonchev–Trinajstić information content (AvgIpc) is 2.23. The van der Waals surface area contributed by atoms with Crippen molar-refractivity contribution in [3.05, 3.63) is 0 Å². The number of ether oxygens (including phenoxy) is 1. The normalized spacial score (nSPS) is 15.0. The van der Waals surface area contributed by atoms with Gasteiger partial charge < -0.3 is 10.5 Å². The lowest BCUT2D eigenvalue weighted by Crippen LogP contribution is -2.53. The molecule has 6 heteroatoms. The van der Waals surface area contributed by atoms with Crippen LogP contribution in [0.2, 0.25) is 0 Å². The number of rotatable bonds is 6. The van der Waals surface area contributed by atoms with Crippen LogP contribution in [0, 0.1) is 11.8 Å². The summed E-state index contributed by atoms with van der Waals surface area (Å²) in [7, 11) is 0. The lowest BCUT2D eigenvalue weighted by atomic mass is 10.0. The van der Waals surface area contributed by atoms with Crippen LogP contribution in [0.15, 0.2) is 0 Å². The van der Waals surface area contributed by atoms with Crippen molar-refractivity contribution >= 4 is 11.9 Å². The molecule has 1 amide bonds. The van der Waals surface area contributed by atoms with Gasteiger partial charge >= 0.3 is 5.97 Å². The lowest BCUT2D eigenvalue weighted by Gasteiger charge is -2.31. The SMILES string of the molecule is CC(C)C[C@H](N)C(=O)N(O)[C@H](C(=O)OC(C)(C)C)C(C)C. The minimum Gasteiger partial charge on any atom is -0.458 e. The quantitative estimate of drug-likeness (QED) is 0.444. The van der Waals surface area contributed by atoms with Crippen LogP contribution in [-0.4, -0.2) is 39.8 Å². The summed E-state index contributed by atoms with van der Waals surface area (Å²) in [4.78, 5) is 24.3. The summed E-state index contributed by atoms with van der Waals surface area (Å²) in [6, 6.07) is -1.89. The third kappa shape index (κ3) is 6.91. The van der Waals surface area contributed by atoms with Gasteiger partial charge in [0, 0.05) is 0 Å². The Morgan fingerprint density at radius 1 is 1.19 bits per heavy atom. The van der Waals surface area contributed by atoms with Gasteiger partial charge in [-0.15, -0.1) is 0 Å². The number of carbonyl (C=O) groups excluding carboxylic acids is 2. The Balaban J connectivity index is 5.03. The van der Waals surface area contributed by atoms with Crippen molar-refractivity contribution in [3.8, 4) is 0 Å². The van der Waals surface area contributed by atoms with Crippen molar-refractivity contribution < 1.29 is 19.5 Å². The van der Waals surface area contributed by atoms with Crippen molar-refractivity contribution in [2.75, 3.05) is 0 Å². The first-order valence-corrected chi connectivity index (χ1v) is 7.37. The number of hydrogen-bond acceptors (Lipinski definition) is 5. The average molecular weight is 302 g/mol. The molecule has 0 saturated carbocycles. The van der Waals surface area contributed by atoms with Gasteiger partial charge in [0.15, 0.2) is 6.04 Å². The van der Waals surface area contributed by atoms with E-state index in [4.69, 9.17) is 10.5 Å². The second-order valence-corrected chi connectivity index (χ2v) is 7.14. The Kier molecular flexibility index (Phi) is 7.33. The van der Waals surface area contributed by atoms with Gasteiger partial charge in [-0.1, -0.05) is 27.7 Å². The molecule has 0 rings (SSSR count). The van der Waals surface area contributed by atoms with E-state index in [-0.39, 0.29) is 11.8 Å². The fourth-order valence-corrected chi connectivity index (χ4v) is 1.93. The predicted molar refractivity (Wildman–Crippen MR) is 80.5 cm³/mol. The van der Waals surface area contributed by atoms with Gasteiger partial charge in [-0.05, 0) is 39.0 Å². The van der Waals surface area contributed by atoms with Gasteiger partial charge in [-0.2, -0.15) is 0 Å². The maximum absolute atomic E-state index is 12.2. The summed E-state index contributed by atoms with van der Waals surface area (Å²) in [6.07, 6.45) is 0.440. The van der Waals surface area contributed by atoms with E-state index in [2.05, 4.69) is 0 Å². The molecular formula is C15H30N2O4. The van der Waals surface area contributed by atoms with Gasteiger partial charge in [-0.25, -0.2) is 9.86 Å². The number of carbonyl (C=O) groups is 2. The zero-order chi connectivity index (χ0) is 17.0. The predicted octanol–water partition coefficient (Wildman–Crippen LogP) is 1.94. The van der Waals surface area contributed by atoms with Crippen LogP contribution >= 0.6 is 0 Å². The summed E-state index contributed by atoms with van der Waals surface area (Å²) in [5.41, 5.74) is 5.09. The number of amides is 1. The largest absolute Gasteiger partial charge is 0.458 e. The first kappa shape index (κ1) is 19.9. The smallest absolute Gasteiger partial charge is 0.332 e. The molecule has 0 aliphatic rings. The van der Waals surface area contributed by atoms with Gasteiger partial charge in [0.2, 0.25) is 0 Å². The fraction of sp³-hybridized carbons (Fsp3) is 0.867. The molecule has 0 saturated heterocycles. The summed E-state index contributed by atoms with van der Waals surface area (Å²) < 4.78 is 5.26. The molecular weight excluding hydrogens is 272 g/mol. The molecule has 0 spiro atoms. The zero-order valence-electron chi connectivity index (χ0n) is 14.2. The molecule has 2 atom stereocenters. The van der Waals surface area contributed by atoms with Crippen LogP contribution in [0.4, 0.5) is 0 Å². The van der Waals surface area contributed by atoms with Gasteiger partial charge in [0.1, 0.15) is 5.60 Å². The van der Waals surface area contributed by atoms with Crippen LogP contribution in [0.3, 0.4) is 0 Å².